The lowest BCUT2D eigenvalue weighted by Crippen LogP contribution is -2.29. The smallest absolute Gasteiger partial charge is 0.00230 e. The quantitative estimate of drug-likeness (QED) is 0.137. The van der Waals surface area contributed by atoms with E-state index in [2.05, 4.69) is 53.1 Å². The fourth-order valence-electron chi connectivity index (χ4n) is 6.90. The van der Waals surface area contributed by atoms with Crippen LogP contribution in [0.15, 0.2) is 24.3 Å². The van der Waals surface area contributed by atoms with Crippen LogP contribution in [0.1, 0.15) is 131 Å². The van der Waals surface area contributed by atoms with E-state index < -0.39 is 0 Å². The Hall–Kier alpha value is -0.560. The van der Waals surface area contributed by atoms with Crippen LogP contribution in [0.5, 0.6) is 0 Å². The van der Waals surface area contributed by atoms with E-state index in [1.807, 2.05) is 0 Å². The van der Waals surface area contributed by atoms with Crippen molar-refractivity contribution >= 4 is 0 Å². The average molecular weight is 472 g/mol. The van der Waals surface area contributed by atoms with Gasteiger partial charge in [0.1, 0.15) is 0 Å². The minimum Gasteiger partial charge on any atom is -0.316 e. The van der Waals surface area contributed by atoms with Crippen molar-refractivity contribution in [3.8, 4) is 0 Å². The molecule has 2 rings (SSSR count). The summed E-state index contributed by atoms with van der Waals surface area (Å²) >= 11 is 0. The molecule has 2 aliphatic carbocycles. The van der Waals surface area contributed by atoms with Crippen molar-refractivity contribution in [2.45, 2.75) is 131 Å². The van der Waals surface area contributed by atoms with Crippen LogP contribution in [-0.4, -0.2) is 13.1 Å². The van der Waals surface area contributed by atoms with E-state index in [4.69, 9.17) is 0 Å². The van der Waals surface area contributed by atoms with Gasteiger partial charge in [-0.1, -0.05) is 97.4 Å². The zero-order valence-corrected chi connectivity index (χ0v) is 24.0. The first-order chi connectivity index (χ1) is 16.4. The molecule has 0 bridgehead atoms. The lowest BCUT2D eigenvalue weighted by Gasteiger charge is -2.40. The maximum atomic E-state index is 4.56. The van der Waals surface area contributed by atoms with Crippen molar-refractivity contribution in [2.75, 3.05) is 13.1 Å². The number of nitrogens with one attached hydrogen (secondary N) is 1. The monoisotopic (exact) mass is 471 g/mol. The van der Waals surface area contributed by atoms with Gasteiger partial charge in [-0.25, -0.2) is 0 Å². The molecular formula is C33H61N. The molecule has 0 saturated heterocycles. The molecule has 2 saturated carbocycles. The summed E-state index contributed by atoms with van der Waals surface area (Å²) < 4.78 is 0. The summed E-state index contributed by atoms with van der Waals surface area (Å²) in [5.74, 6) is 5.88. The first-order valence-corrected chi connectivity index (χ1v) is 15.5. The number of hydrogen-bond donors (Lipinski definition) is 1. The van der Waals surface area contributed by atoms with Gasteiger partial charge in [0.25, 0.3) is 0 Å². The predicted octanol–water partition coefficient (Wildman–Crippen LogP) is 9.98. The van der Waals surface area contributed by atoms with E-state index in [0.717, 1.165) is 41.4 Å². The van der Waals surface area contributed by atoms with Crippen LogP contribution in [0.4, 0.5) is 0 Å². The van der Waals surface area contributed by atoms with E-state index in [1.165, 1.54) is 115 Å². The van der Waals surface area contributed by atoms with E-state index in [0.29, 0.717) is 0 Å². The van der Waals surface area contributed by atoms with Crippen LogP contribution < -0.4 is 5.32 Å². The molecule has 0 aliphatic heterocycles. The molecule has 0 amide bonds. The van der Waals surface area contributed by atoms with Crippen LogP contribution in [-0.2, 0) is 0 Å². The normalized spacial score (nSPS) is 24.0. The number of hydrogen-bond acceptors (Lipinski definition) is 1. The lowest BCUT2D eigenvalue weighted by molar-refractivity contribution is 0.138. The Morgan fingerprint density at radius 3 is 2.24 bits per heavy atom. The van der Waals surface area contributed by atoms with Crippen LogP contribution in [0.3, 0.4) is 0 Å². The minimum absolute atomic E-state index is 0.747. The first-order valence-electron chi connectivity index (χ1n) is 15.5. The van der Waals surface area contributed by atoms with Crippen molar-refractivity contribution in [1.29, 1.82) is 0 Å². The number of allylic oxidation sites excluding steroid dienone is 2. The molecule has 0 aromatic carbocycles. The van der Waals surface area contributed by atoms with Gasteiger partial charge in [-0.3, -0.25) is 0 Å². The van der Waals surface area contributed by atoms with Crippen molar-refractivity contribution < 1.29 is 0 Å². The maximum Gasteiger partial charge on any atom is -0.00230 e. The van der Waals surface area contributed by atoms with Crippen LogP contribution >= 0.6 is 0 Å². The van der Waals surface area contributed by atoms with E-state index in [9.17, 15) is 0 Å². The van der Waals surface area contributed by atoms with E-state index in [1.54, 1.807) is 5.57 Å². The Bertz CT molecular complexity index is 567. The summed E-state index contributed by atoms with van der Waals surface area (Å²) in [6, 6.07) is 0. The molecule has 0 heterocycles. The summed E-state index contributed by atoms with van der Waals surface area (Å²) in [7, 11) is 0. The molecule has 0 aromatic heterocycles. The van der Waals surface area contributed by atoms with Crippen molar-refractivity contribution in [3.05, 3.63) is 24.3 Å². The summed E-state index contributed by atoms with van der Waals surface area (Å²) in [5.41, 5.74) is 3.12. The highest BCUT2D eigenvalue weighted by atomic mass is 14.8. The molecule has 1 N–H and O–H groups in total. The highest BCUT2D eigenvalue weighted by Gasteiger charge is 2.33. The molecule has 0 radical (unpaired) electrons. The Balaban J connectivity index is 1.49. The summed E-state index contributed by atoms with van der Waals surface area (Å²) in [6.07, 6.45) is 20.5. The molecule has 0 aromatic rings. The Morgan fingerprint density at radius 2 is 1.65 bits per heavy atom. The zero-order valence-electron chi connectivity index (χ0n) is 24.0. The Kier molecular flexibility index (Phi) is 14.2. The molecule has 4 atom stereocenters. The highest BCUT2D eigenvalue weighted by Crippen LogP contribution is 2.44. The van der Waals surface area contributed by atoms with Gasteiger partial charge in [0.2, 0.25) is 0 Å². The Morgan fingerprint density at radius 1 is 0.941 bits per heavy atom. The Labute approximate surface area is 215 Å². The second-order valence-electron chi connectivity index (χ2n) is 12.4. The third-order valence-electron chi connectivity index (χ3n) is 9.76. The SMILES string of the molecule is C=C(CCCCCCNCC(C)CC(CC)C(CC)C(=C)C1CCC1)C(C)C1CC(CCC)C1. The molecule has 1 nitrogen and oxygen atoms in total. The number of rotatable bonds is 20. The van der Waals surface area contributed by atoms with Crippen molar-refractivity contribution in [1.82, 2.24) is 5.32 Å². The second-order valence-corrected chi connectivity index (χ2v) is 12.4. The minimum atomic E-state index is 0.747. The van der Waals surface area contributed by atoms with Crippen molar-refractivity contribution in [3.63, 3.8) is 0 Å². The summed E-state index contributed by atoms with van der Waals surface area (Å²) in [6.45, 7) is 23.4. The largest absolute Gasteiger partial charge is 0.316 e. The molecule has 0 spiro atoms. The van der Waals surface area contributed by atoms with Gasteiger partial charge in [-0.15, -0.1) is 0 Å². The van der Waals surface area contributed by atoms with E-state index in [-0.39, 0.29) is 0 Å². The standard InChI is InChI=1S/C33H61N/c1-8-16-29-22-32(23-29)27(6)26(5)17-13-11-12-14-20-34-24-25(4)21-30(9-2)33(10-3)28(7)31-18-15-19-31/h25,27,29-34H,5,7-24H2,1-4,6H3. The fourth-order valence-corrected chi connectivity index (χ4v) is 6.90. The van der Waals surface area contributed by atoms with Gasteiger partial charge in [0, 0.05) is 0 Å². The maximum absolute atomic E-state index is 4.56. The topological polar surface area (TPSA) is 12.0 Å². The van der Waals surface area contributed by atoms with Crippen molar-refractivity contribution in [2.24, 2.45) is 41.4 Å². The summed E-state index contributed by atoms with van der Waals surface area (Å²) in [5, 5.41) is 3.77. The van der Waals surface area contributed by atoms with Gasteiger partial charge in [0.05, 0.1) is 0 Å². The molecule has 34 heavy (non-hydrogen) atoms. The third-order valence-corrected chi connectivity index (χ3v) is 9.76. The first kappa shape index (κ1) is 29.7. The third kappa shape index (κ3) is 9.48. The molecule has 4 unspecified atom stereocenters. The summed E-state index contributed by atoms with van der Waals surface area (Å²) in [4.78, 5) is 0. The lowest BCUT2D eigenvalue weighted by atomic mass is 9.65. The molecule has 2 aliphatic rings. The fraction of sp³-hybridized carbons (Fsp3) is 0.879. The van der Waals surface area contributed by atoms with Gasteiger partial charge < -0.3 is 5.32 Å². The highest BCUT2D eigenvalue weighted by molar-refractivity contribution is 5.10. The van der Waals surface area contributed by atoms with Crippen LogP contribution in [0.25, 0.3) is 0 Å². The second kappa shape index (κ2) is 16.2. The average Bonchev–Trinajstić information content (AvgIpc) is 2.75. The van der Waals surface area contributed by atoms with Gasteiger partial charge >= 0.3 is 0 Å². The molecule has 1 heteroatoms. The molecular weight excluding hydrogens is 410 g/mol. The van der Waals surface area contributed by atoms with Gasteiger partial charge in [-0.05, 0) is 112 Å². The predicted molar refractivity (Wildman–Crippen MR) is 153 cm³/mol. The molecule has 2 fully saturated rings. The van der Waals surface area contributed by atoms with Gasteiger partial charge in [-0.2, -0.15) is 0 Å². The zero-order chi connectivity index (χ0) is 24.9. The van der Waals surface area contributed by atoms with Crippen LogP contribution in [0, 0.1) is 41.4 Å². The number of unbranched alkanes of at least 4 members (excludes halogenated alkanes) is 3. The van der Waals surface area contributed by atoms with E-state index >= 15 is 0 Å². The van der Waals surface area contributed by atoms with Gasteiger partial charge in [0.15, 0.2) is 0 Å². The van der Waals surface area contributed by atoms with Crippen LogP contribution in [0.2, 0.25) is 0 Å². The molecule has 198 valence electrons.